The molecule has 0 heterocycles. The molecule has 0 amide bonds. The van der Waals surface area contributed by atoms with E-state index in [1.807, 2.05) is 59.7 Å². The molecule has 0 saturated carbocycles. The average Bonchev–Trinajstić information content (AvgIpc) is 2.75. The quantitative estimate of drug-likeness (QED) is 0.466. The lowest BCUT2D eigenvalue weighted by molar-refractivity contribution is 1.28. The molecule has 1 nitrogen and oxygen atoms in total. The van der Waals surface area contributed by atoms with Gasteiger partial charge in [0.1, 0.15) is 0 Å². The van der Waals surface area contributed by atoms with E-state index in [-0.39, 0.29) is 0 Å². The van der Waals surface area contributed by atoms with Crippen LogP contribution >= 0.6 is 0 Å². The van der Waals surface area contributed by atoms with Crippen molar-refractivity contribution in [1.29, 1.82) is 0 Å². The summed E-state index contributed by atoms with van der Waals surface area (Å²) in [5.74, 6) is 0. The normalized spacial score (nSPS) is 8.40. The molecule has 0 spiro atoms. The van der Waals surface area contributed by atoms with E-state index in [0.717, 1.165) is 0 Å². The average molecular weight is 336 g/mol. The van der Waals surface area contributed by atoms with Gasteiger partial charge in [0.05, 0.1) is 0 Å². The second-order valence-electron chi connectivity index (χ2n) is 4.34. The van der Waals surface area contributed by atoms with E-state index in [0.29, 0.717) is 0 Å². The monoisotopic (exact) mass is 335 g/mol. The summed E-state index contributed by atoms with van der Waals surface area (Å²) in [5, 5.41) is 0. The van der Waals surface area contributed by atoms with Crippen molar-refractivity contribution < 1.29 is 0 Å². The fraction of sp³-hybridized carbons (Fsp3) is 0.250. The molecule has 0 aliphatic carbocycles. The molecule has 1 heteroatoms. The number of hydrogen-bond acceptors (Lipinski definition) is 1. The Labute approximate surface area is 155 Å². The molecule has 0 atom stereocenters. The smallest absolute Gasteiger partial charge is 0.0461 e. The largest absolute Gasteiger partial charge is 0.311 e. The molecule has 0 aliphatic rings. The summed E-state index contributed by atoms with van der Waals surface area (Å²) in [4.78, 5) is 2.25. The number of nitrogens with zero attached hydrogens (tertiary/aromatic N) is 1. The topological polar surface area (TPSA) is 3.24 Å². The minimum absolute atomic E-state index is 1.17. The van der Waals surface area contributed by atoms with E-state index in [9.17, 15) is 0 Å². The van der Waals surface area contributed by atoms with Gasteiger partial charge in [-0.15, -0.1) is 0 Å². The summed E-state index contributed by atoms with van der Waals surface area (Å²) in [6.45, 7) is 12.0. The maximum Gasteiger partial charge on any atom is 0.0461 e. The van der Waals surface area contributed by atoms with Gasteiger partial charge < -0.3 is 4.90 Å². The Balaban J connectivity index is 0.000000871. The number of rotatable bonds is 3. The van der Waals surface area contributed by atoms with Crippen molar-refractivity contribution in [2.75, 3.05) is 4.90 Å². The van der Waals surface area contributed by atoms with Crippen LogP contribution in [0.5, 0.6) is 0 Å². The standard InChI is InChI=1S/C18H15N.3C2H6/c1-4-10-16(11-5-1)19(17-12-6-2-7-13-17)18-14-8-3-9-15-18;3*1-2/h1-15H;3*1-2H3. The van der Waals surface area contributed by atoms with Gasteiger partial charge in [-0.05, 0) is 36.4 Å². The van der Waals surface area contributed by atoms with Gasteiger partial charge in [-0.1, -0.05) is 96.1 Å². The molecule has 0 radical (unpaired) electrons. The first-order valence-electron chi connectivity index (χ1n) is 9.40. The van der Waals surface area contributed by atoms with E-state index in [4.69, 9.17) is 0 Å². The summed E-state index contributed by atoms with van der Waals surface area (Å²) in [5.41, 5.74) is 3.50. The van der Waals surface area contributed by atoms with Gasteiger partial charge in [-0.3, -0.25) is 0 Å². The molecule has 0 fully saturated rings. The SMILES string of the molecule is CC.CC.CC.c1ccc(N(c2ccccc2)c2ccccc2)cc1. The molecule has 0 saturated heterocycles. The fourth-order valence-corrected chi connectivity index (χ4v) is 2.18. The first kappa shape index (κ1) is 22.5. The Hall–Kier alpha value is -2.54. The van der Waals surface area contributed by atoms with Crippen LogP contribution in [-0.2, 0) is 0 Å². The lowest BCUT2D eigenvalue weighted by Gasteiger charge is -2.25. The van der Waals surface area contributed by atoms with E-state index >= 15 is 0 Å². The number of para-hydroxylation sites is 3. The molecule has 25 heavy (non-hydrogen) atoms. The van der Waals surface area contributed by atoms with Crippen molar-refractivity contribution in [3.05, 3.63) is 91.0 Å². The predicted octanol–water partition coefficient (Wildman–Crippen LogP) is 8.24. The molecule has 3 aromatic carbocycles. The highest BCUT2D eigenvalue weighted by molar-refractivity contribution is 5.76. The highest BCUT2D eigenvalue weighted by Gasteiger charge is 2.10. The van der Waals surface area contributed by atoms with Gasteiger partial charge in [0.25, 0.3) is 0 Å². The van der Waals surface area contributed by atoms with Gasteiger partial charge >= 0.3 is 0 Å². The molecule has 0 aliphatic heterocycles. The zero-order valence-corrected chi connectivity index (χ0v) is 16.6. The maximum absolute atomic E-state index is 2.25. The Morgan fingerprint density at radius 2 is 0.560 bits per heavy atom. The summed E-state index contributed by atoms with van der Waals surface area (Å²) >= 11 is 0. The van der Waals surface area contributed by atoms with E-state index < -0.39 is 0 Å². The number of benzene rings is 3. The van der Waals surface area contributed by atoms with E-state index in [1.54, 1.807) is 0 Å². The lowest BCUT2D eigenvalue weighted by Crippen LogP contribution is -2.09. The fourth-order valence-electron chi connectivity index (χ4n) is 2.18. The highest BCUT2D eigenvalue weighted by atomic mass is 15.1. The van der Waals surface area contributed by atoms with Gasteiger partial charge in [0.15, 0.2) is 0 Å². The molecule has 0 N–H and O–H groups in total. The van der Waals surface area contributed by atoms with Crippen LogP contribution in [0.4, 0.5) is 17.1 Å². The van der Waals surface area contributed by atoms with Crippen molar-refractivity contribution in [1.82, 2.24) is 0 Å². The van der Waals surface area contributed by atoms with Gasteiger partial charge in [-0.2, -0.15) is 0 Å². The number of hydrogen-bond donors (Lipinski definition) is 0. The van der Waals surface area contributed by atoms with Crippen LogP contribution in [-0.4, -0.2) is 0 Å². The molecule has 134 valence electrons. The summed E-state index contributed by atoms with van der Waals surface area (Å²) < 4.78 is 0. The third-order valence-electron chi connectivity index (χ3n) is 3.04. The van der Waals surface area contributed by atoms with E-state index in [1.165, 1.54) is 17.1 Å². The molecule has 3 aromatic rings. The minimum atomic E-state index is 1.17. The molecule has 0 unspecified atom stereocenters. The molecular weight excluding hydrogens is 302 g/mol. The first-order chi connectivity index (χ1) is 12.4. The van der Waals surface area contributed by atoms with Crippen LogP contribution in [0.15, 0.2) is 91.0 Å². The van der Waals surface area contributed by atoms with Crippen molar-refractivity contribution >= 4 is 17.1 Å². The number of anilines is 3. The van der Waals surface area contributed by atoms with Crippen LogP contribution < -0.4 is 4.90 Å². The molecule has 0 bridgehead atoms. The molecule has 0 aromatic heterocycles. The zero-order valence-electron chi connectivity index (χ0n) is 16.6. The van der Waals surface area contributed by atoms with Crippen LogP contribution in [0, 0.1) is 0 Å². The van der Waals surface area contributed by atoms with Crippen LogP contribution in [0.25, 0.3) is 0 Å². The van der Waals surface area contributed by atoms with Crippen molar-refractivity contribution in [2.45, 2.75) is 41.5 Å². The Kier molecular flexibility index (Phi) is 13.5. The highest BCUT2D eigenvalue weighted by Crippen LogP contribution is 2.33. The Bertz CT molecular complexity index is 524. The molecular formula is C24H33N. The van der Waals surface area contributed by atoms with Crippen LogP contribution in [0.2, 0.25) is 0 Å². The van der Waals surface area contributed by atoms with Gasteiger partial charge in [0, 0.05) is 17.1 Å². The van der Waals surface area contributed by atoms with Crippen molar-refractivity contribution in [2.24, 2.45) is 0 Å². The second kappa shape index (κ2) is 15.0. The third-order valence-corrected chi connectivity index (χ3v) is 3.04. The van der Waals surface area contributed by atoms with Crippen LogP contribution in [0.3, 0.4) is 0 Å². The van der Waals surface area contributed by atoms with Gasteiger partial charge in [-0.25, -0.2) is 0 Å². The predicted molar refractivity (Wildman–Crippen MR) is 115 cm³/mol. The van der Waals surface area contributed by atoms with E-state index in [2.05, 4.69) is 77.7 Å². The second-order valence-corrected chi connectivity index (χ2v) is 4.34. The Morgan fingerprint density at radius 3 is 0.760 bits per heavy atom. The molecule has 3 rings (SSSR count). The zero-order chi connectivity index (χ0) is 18.9. The Morgan fingerprint density at radius 1 is 0.360 bits per heavy atom. The van der Waals surface area contributed by atoms with Crippen molar-refractivity contribution in [3.63, 3.8) is 0 Å². The lowest BCUT2D eigenvalue weighted by atomic mass is 10.2. The third kappa shape index (κ3) is 7.26. The summed E-state index contributed by atoms with van der Waals surface area (Å²) in [6, 6.07) is 31.3. The van der Waals surface area contributed by atoms with Crippen LogP contribution in [0.1, 0.15) is 41.5 Å². The van der Waals surface area contributed by atoms with Crippen molar-refractivity contribution in [3.8, 4) is 0 Å². The first-order valence-corrected chi connectivity index (χ1v) is 9.40. The summed E-state index contributed by atoms with van der Waals surface area (Å²) in [7, 11) is 0. The minimum Gasteiger partial charge on any atom is -0.311 e. The van der Waals surface area contributed by atoms with Gasteiger partial charge in [0.2, 0.25) is 0 Å². The maximum atomic E-state index is 2.25. The summed E-state index contributed by atoms with van der Waals surface area (Å²) in [6.07, 6.45) is 0.